The van der Waals surface area contributed by atoms with Crippen LogP contribution in [0.15, 0.2) is 24.3 Å². The second-order valence-corrected chi connectivity index (χ2v) is 3.86. The fraction of sp³-hybridized carbons (Fsp3) is 0.500. The summed E-state index contributed by atoms with van der Waals surface area (Å²) in [6.45, 7) is 6.57. The van der Waals surface area contributed by atoms with Crippen molar-refractivity contribution in [3.8, 4) is 0 Å². The summed E-state index contributed by atoms with van der Waals surface area (Å²) in [4.78, 5) is 0. The Labute approximate surface area is 86.5 Å². The zero-order chi connectivity index (χ0) is 10.6. The average molecular weight is 192 g/mol. The Hall–Kier alpha value is -1.02. The molecule has 0 aromatic heterocycles. The van der Waals surface area contributed by atoms with Gasteiger partial charge >= 0.3 is 0 Å². The second kappa shape index (κ2) is 5.01. The highest BCUT2D eigenvalue weighted by atomic mass is 14.9. The van der Waals surface area contributed by atoms with E-state index in [1.807, 2.05) is 12.1 Å². The van der Waals surface area contributed by atoms with Crippen LogP contribution in [0.3, 0.4) is 0 Å². The van der Waals surface area contributed by atoms with E-state index < -0.39 is 0 Å². The molecule has 1 rings (SSSR count). The van der Waals surface area contributed by atoms with Crippen molar-refractivity contribution < 1.29 is 0 Å². The van der Waals surface area contributed by atoms with Crippen molar-refractivity contribution in [1.29, 1.82) is 0 Å². The van der Waals surface area contributed by atoms with E-state index in [9.17, 15) is 0 Å². The van der Waals surface area contributed by atoms with E-state index in [0.717, 1.165) is 12.1 Å². The number of anilines is 1. The molecular weight excluding hydrogens is 172 g/mol. The lowest BCUT2D eigenvalue weighted by molar-refractivity contribution is 0.469. The van der Waals surface area contributed by atoms with Crippen LogP contribution in [-0.4, -0.2) is 6.04 Å². The monoisotopic (exact) mass is 192 g/mol. The van der Waals surface area contributed by atoms with Crippen LogP contribution in [0.5, 0.6) is 0 Å². The molecule has 0 bridgehead atoms. The van der Waals surface area contributed by atoms with Crippen molar-refractivity contribution in [3.63, 3.8) is 0 Å². The van der Waals surface area contributed by atoms with Crippen LogP contribution in [0.2, 0.25) is 0 Å². The maximum atomic E-state index is 5.63. The lowest BCUT2D eigenvalue weighted by Crippen LogP contribution is -2.28. The molecular formula is C12H20N2. The molecule has 0 radical (unpaired) electrons. The molecule has 1 aromatic carbocycles. The fourth-order valence-corrected chi connectivity index (χ4v) is 1.43. The van der Waals surface area contributed by atoms with Crippen LogP contribution in [0, 0.1) is 0 Å². The Kier molecular flexibility index (Phi) is 3.96. The Bertz CT molecular complexity index is 266. The third-order valence-electron chi connectivity index (χ3n) is 2.58. The van der Waals surface area contributed by atoms with Gasteiger partial charge in [-0.3, -0.25) is 0 Å². The molecule has 2 nitrogen and oxygen atoms in total. The molecule has 0 saturated heterocycles. The SMILES string of the molecule is CCC(C)NC(C)c1ccc(N)cc1. The topological polar surface area (TPSA) is 38.0 Å². The number of nitrogens with one attached hydrogen (secondary N) is 1. The van der Waals surface area contributed by atoms with Crippen molar-refractivity contribution in [2.75, 3.05) is 5.73 Å². The summed E-state index contributed by atoms with van der Waals surface area (Å²) >= 11 is 0. The van der Waals surface area contributed by atoms with Crippen molar-refractivity contribution in [2.45, 2.75) is 39.3 Å². The summed E-state index contributed by atoms with van der Waals surface area (Å²) in [6.07, 6.45) is 1.15. The van der Waals surface area contributed by atoms with Crippen molar-refractivity contribution in [1.82, 2.24) is 5.32 Å². The van der Waals surface area contributed by atoms with Crippen molar-refractivity contribution >= 4 is 5.69 Å². The van der Waals surface area contributed by atoms with Crippen LogP contribution < -0.4 is 11.1 Å². The minimum Gasteiger partial charge on any atom is -0.399 e. The minimum absolute atomic E-state index is 0.394. The molecule has 2 heteroatoms. The molecule has 0 aliphatic heterocycles. The summed E-state index contributed by atoms with van der Waals surface area (Å²) < 4.78 is 0. The van der Waals surface area contributed by atoms with Crippen LogP contribution in [0.25, 0.3) is 0 Å². The molecule has 3 N–H and O–H groups in total. The Balaban J connectivity index is 2.60. The van der Waals surface area contributed by atoms with E-state index >= 15 is 0 Å². The van der Waals surface area contributed by atoms with Gasteiger partial charge in [-0.15, -0.1) is 0 Å². The third-order valence-corrected chi connectivity index (χ3v) is 2.58. The lowest BCUT2D eigenvalue weighted by Gasteiger charge is -2.19. The van der Waals surface area contributed by atoms with Gasteiger partial charge in [0.15, 0.2) is 0 Å². The smallest absolute Gasteiger partial charge is 0.0314 e. The normalized spacial score (nSPS) is 15.1. The Morgan fingerprint density at radius 2 is 1.79 bits per heavy atom. The molecule has 1 aromatic rings. The van der Waals surface area contributed by atoms with Gasteiger partial charge in [-0.25, -0.2) is 0 Å². The molecule has 0 fully saturated rings. The fourth-order valence-electron chi connectivity index (χ4n) is 1.43. The zero-order valence-electron chi connectivity index (χ0n) is 9.25. The molecule has 2 unspecified atom stereocenters. The van der Waals surface area contributed by atoms with Crippen molar-refractivity contribution in [2.24, 2.45) is 0 Å². The molecule has 78 valence electrons. The molecule has 14 heavy (non-hydrogen) atoms. The van der Waals surface area contributed by atoms with Gasteiger partial charge in [-0.1, -0.05) is 19.1 Å². The number of nitrogen functional groups attached to an aromatic ring is 1. The van der Waals surface area contributed by atoms with E-state index in [-0.39, 0.29) is 0 Å². The summed E-state index contributed by atoms with van der Waals surface area (Å²) in [7, 11) is 0. The number of rotatable bonds is 4. The zero-order valence-corrected chi connectivity index (χ0v) is 9.25. The number of benzene rings is 1. The van der Waals surface area contributed by atoms with Crippen LogP contribution >= 0.6 is 0 Å². The molecule has 0 saturated carbocycles. The predicted octanol–water partition coefficient (Wildman–Crippen LogP) is 2.72. The molecule has 0 aliphatic rings. The lowest BCUT2D eigenvalue weighted by atomic mass is 10.1. The van der Waals surface area contributed by atoms with Crippen LogP contribution in [0.1, 0.15) is 38.8 Å². The molecule has 2 atom stereocenters. The summed E-state index contributed by atoms with van der Waals surface area (Å²) in [6, 6.07) is 9.01. The average Bonchev–Trinajstić information content (AvgIpc) is 2.18. The highest BCUT2D eigenvalue weighted by Gasteiger charge is 2.07. The first-order valence-electron chi connectivity index (χ1n) is 5.25. The van der Waals surface area contributed by atoms with Gasteiger partial charge in [0.1, 0.15) is 0 Å². The molecule has 0 aliphatic carbocycles. The summed E-state index contributed by atoms with van der Waals surface area (Å²) in [5.41, 5.74) is 7.75. The Morgan fingerprint density at radius 1 is 1.21 bits per heavy atom. The maximum Gasteiger partial charge on any atom is 0.0314 e. The van der Waals surface area contributed by atoms with Gasteiger partial charge in [0.2, 0.25) is 0 Å². The van der Waals surface area contributed by atoms with E-state index in [1.54, 1.807) is 0 Å². The molecule has 0 amide bonds. The highest BCUT2D eigenvalue weighted by Crippen LogP contribution is 2.15. The quantitative estimate of drug-likeness (QED) is 0.720. The molecule has 0 heterocycles. The Morgan fingerprint density at radius 3 is 2.29 bits per heavy atom. The highest BCUT2D eigenvalue weighted by molar-refractivity contribution is 5.39. The first-order chi connectivity index (χ1) is 6.63. The predicted molar refractivity (Wildman–Crippen MR) is 62.2 cm³/mol. The maximum absolute atomic E-state index is 5.63. The van der Waals surface area contributed by atoms with Gasteiger partial charge < -0.3 is 11.1 Å². The van der Waals surface area contributed by atoms with Gasteiger partial charge in [0, 0.05) is 17.8 Å². The minimum atomic E-state index is 0.394. The van der Waals surface area contributed by atoms with Crippen LogP contribution in [-0.2, 0) is 0 Å². The van der Waals surface area contributed by atoms with E-state index in [0.29, 0.717) is 12.1 Å². The summed E-state index contributed by atoms with van der Waals surface area (Å²) in [5.74, 6) is 0. The number of hydrogen-bond donors (Lipinski definition) is 2. The number of hydrogen-bond acceptors (Lipinski definition) is 2. The van der Waals surface area contributed by atoms with E-state index in [2.05, 4.69) is 38.2 Å². The van der Waals surface area contributed by atoms with Crippen LogP contribution in [0.4, 0.5) is 5.69 Å². The van der Waals surface area contributed by atoms with Gasteiger partial charge in [-0.05, 0) is 38.0 Å². The van der Waals surface area contributed by atoms with E-state index in [1.165, 1.54) is 5.56 Å². The van der Waals surface area contributed by atoms with Gasteiger partial charge in [0.25, 0.3) is 0 Å². The first-order valence-corrected chi connectivity index (χ1v) is 5.25. The summed E-state index contributed by atoms with van der Waals surface area (Å²) in [5, 5.41) is 3.52. The van der Waals surface area contributed by atoms with Gasteiger partial charge in [0.05, 0.1) is 0 Å². The second-order valence-electron chi connectivity index (χ2n) is 3.86. The van der Waals surface area contributed by atoms with Gasteiger partial charge in [-0.2, -0.15) is 0 Å². The third kappa shape index (κ3) is 3.04. The first kappa shape index (κ1) is 11.1. The molecule has 0 spiro atoms. The van der Waals surface area contributed by atoms with E-state index in [4.69, 9.17) is 5.73 Å². The van der Waals surface area contributed by atoms with Crippen molar-refractivity contribution in [3.05, 3.63) is 29.8 Å². The standard InChI is InChI=1S/C12H20N2/c1-4-9(2)14-10(3)11-5-7-12(13)8-6-11/h5-10,14H,4,13H2,1-3H3. The largest absolute Gasteiger partial charge is 0.399 e. The number of nitrogens with two attached hydrogens (primary N) is 1.